The number of aromatic nitrogens is 3. The van der Waals surface area contributed by atoms with Crippen LogP contribution in [0.5, 0.6) is 0 Å². The third kappa shape index (κ3) is 1.88. The third-order valence-corrected chi connectivity index (χ3v) is 2.49. The third-order valence-electron chi connectivity index (χ3n) is 1.00. The van der Waals surface area contributed by atoms with Gasteiger partial charge in [0, 0.05) is 18.7 Å². The molecule has 0 aliphatic carbocycles. The quantitative estimate of drug-likeness (QED) is 0.513. The van der Waals surface area contributed by atoms with Crippen LogP contribution in [-0.4, -0.2) is 26.6 Å². The van der Waals surface area contributed by atoms with E-state index < -0.39 is 0 Å². The van der Waals surface area contributed by atoms with Crippen LogP contribution in [0.3, 0.4) is 0 Å². The smallest absolute Gasteiger partial charge is 0.114 e. The summed E-state index contributed by atoms with van der Waals surface area (Å²) in [5.74, 6) is 1.57. The summed E-state index contributed by atoms with van der Waals surface area (Å²) in [5, 5.41) is 8.55. The number of halogens is 1. The summed E-state index contributed by atoms with van der Waals surface area (Å²) in [5.41, 5.74) is 0. The Morgan fingerprint density at radius 3 is 3.10 bits per heavy atom. The van der Waals surface area contributed by atoms with Crippen LogP contribution in [0.25, 0.3) is 0 Å². The fourth-order valence-corrected chi connectivity index (χ4v) is 1.42. The first kappa shape index (κ1) is 7.88. The molecule has 0 fully saturated rings. The summed E-state index contributed by atoms with van der Waals surface area (Å²) in [6, 6.07) is 0. The predicted octanol–water partition coefficient (Wildman–Crippen LogP) is 1.15. The second-order valence-corrected chi connectivity index (χ2v) is 3.23. The maximum absolute atomic E-state index is 5.50. The van der Waals surface area contributed by atoms with Gasteiger partial charge < -0.3 is 0 Å². The molecule has 3 nitrogen and oxygen atoms in total. The van der Waals surface area contributed by atoms with E-state index in [-0.39, 0.29) is 0 Å². The van der Waals surface area contributed by atoms with Gasteiger partial charge in [0.2, 0.25) is 0 Å². The van der Waals surface area contributed by atoms with E-state index in [1.807, 2.05) is 7.05 Å². The average Bonchev–Trinajstić information content (AvgIpc) is 2.31. The lowest BCUT2D eigenvalue weighted by Crippen LogP contribution is -1.93. The molecule has 0 N–H and O–H groups in total. The van der Waals surface area contributed by atoms with Gasteiger partial charge in [-0.15, -0.1) is 28.5 Å². The van der Waals surface area contributed by atoms with Gasteiger partial charge in [-0.25, -0.2) is 4.68 Å². The Morgan fingerprint density at radius 2 is 2.60 bits per heavy atom. The van der Waals surface area contributed by atoms with Crippen LogP contribution in [0, 0.1) is 0 Å². The number of hydrogen-bond donors (Lipinski definition) is 0. The zero-order chi connectivity index (χ0) is 7.40. The van der Waals surface area contributed by atoms with Crippen molar-refractivity contribution in [1.29, 1.82) is 0 Å². The fourth-order valence-electron chi connectivity index (χ4n) is 0.554. The van der Waals surface area contributed by atoms with Gasteiger partial charge in [-0.3, -0.25) is 0 Å². The molecule has 1 heterocycles. The van der Waals surface area contributed by atoms with Crippen LogP contribution in [0.2, 0.25) is 0 Å². The molecule has 1 aromatic rings. The van der Waals surface area contributed by atoms with E-state index in [0.717, 1.165) is 10.8 Å². The largest absolute Gasteiger partial charge is 0.242 e. The van der Waals surface area contributed by atoms with Crippen molar-refractivity contribution >= 4 is 23.4 Å². The molecule has 56 valence electrons. The molecule has 0 radical (unpaired) electrons. The summed E-state index contributed by atoms with van der Waals surface area (Å²) < 4.78 is 1.73. The first-order valence-corrected chi connectivity index (χ1v) is 4.40. The summed E-state index contributed by atoms with van der Waals surface area (Å²) in [6.45, 7) is 0. The lowest BCUT2D eigenvalue weighted by atomic mass is 10.9. The highest BCUT2D eigenvalue weighted by Gasteiger charge is 1.97. The lowest BCUT2D eigenvalue weighted by molar-refractivity contribution is 0.665. The number of alkyl halides is 1. The zero-order valence-corrected chi connectivity index (χ0v) is 7.19. The molecule has 0 atom stereocenters. The van der Waals surface area contributed by atoms with Gasteiger partial charge in [-0.1, -0.05) is 5.21 Å². The van der Waals surface area contributed by atoms with E-state index in [0.29, 0.717) is 5.88 Å². The summed E-state index contributed by atoms with van der Waals surface area (Å²) in [6.07, 6.45) is 1.73. The van der Waals surface area contributed by atoms with Crippen LogP contribution in [0.4, 0.5) is 0 Å². The van der Waals surface area contributed by atoms with Gasteiger partial charge in [0.05, 0.1) is 6.20 Å². The van der Waals surface area contributed by atoms with Crippen LogP contribution >= 0.6 is 23.4 Å². The van der Waals surface area contributed by atoms with Gasteiger partial charge in [-0.2, -0.15) is 0 Å². The number of nitrogens with zero attached hydrogens (tertiary/aromatic N) is 3. The minimum absolute atomic E-state index is 0.663. The second kappa shape index (κ2) is 3.83. The number of thioether (sulfide) groups is 1. The average molecular weight is 178 g/mol. The molecule has 0 bridgehead atoms. The summed E-state index contributed by atoms with van der Waals surface area (Å²) in [7, 11) is 1.86. The molecule has 0 aliphatic heterocycles. The summed E-state index contributed by atoms with van der Waals surface area (Å²) in [4.78, 5) is 0. The molecule has 1 aromatic heterocycles. The first-order chi connectivity index (χ1) is 4.84. The van der Waals surface area contributed by atoms with Crippen molar-refractivity contribution in [2.75, 3.05) is 11.6 Å². The van der Waals surface area contributed by atoms with E-state index in [2.05, 4.69) is 10.3 Å². The molecule has 0 spiro atoms. The van der Waals surface area contributed by atoms with Gasteiger partial charge in [0.1, 0.15) is 5.03 Å². The van der Waals surface area contributed by atoms with E-state index in [4.69, 9.17) is 11.6 Å². The fraction of sp³-hybridized carbons (Fsp3) is 0.600. The van der Waals surface area contributed by atoms with E-state index in [1.54, 1.807) is 22.6 Å². The summed E-state index contributed by atoms with van der Waals surface area (Å²) >= 11 is 7.16. The monoisotopic (exact) mass is 177 g/mol. The minimum Gasteiger partial charge on any atom is -0.242 e. The van der Waals surface area contributed by atoms with Gasteiger partial charge in [0.25, 0.3) is 0 Å². The highest BCUT2D eigenvalue weighted by molar-refractivity contribution is 7.99. The van der Waals surface area contributed by atoms with Crippen molar-refractivity contribution in [1.82, 2.24) is 15.0 Å². The van der Waals surface area contributed by atoms with Crippen molar-refractivity contribution in [2.45, 2.75) is 5.03 Å². The van der Waals surface area contributed by atoms with Crippen molar-refractivity contribution in [2.24, 2.45) is 7.05 Å². The molecule has 0 aliphatic rings. The molecule has 5 heteroatoms. The van der Waals surface area contributed by atoms with E-state index in [9.17, 15) is 0 Å². The number of rotatable bonds is 3. The topological polar surface area (TPSA) is 30.7 Å². The lowest BCUT2D eigenvalue weighted by Gasteiger charge is -1.95. The molecular weight excluding hydrogens is 170 g/mol. The Morgan fingerprint density at radius 1 is 1.80 bits per heavy atom. The molecule has 0 saturated heterocycles. The molecular formula is C5H8ClN3S. The van der Waals surface area contributed by atoms with Gasteiger partial charge >= 0.3 is 0 Å². The maximum atomic E-state index is 5.50. The van der Waals surface area contributed by atoms with Crippen LogP contribution in [0.15, 0.2) is 11.2 Å². The second-order valence-electron chi connectivity index (χ2n) is 1.73. The van der Waals surface area contributed by atoms with Gasteiger partial charge in [0.15, 0.2) is 0 Å². The van der Waals surface area contributed by atoms with Crippen LogP contribution in [0.1, 0.15) is 0 Å². The Kier molecular flexibility index (Phi) is 3.02. The number of hydrogen-bond acceptors (Lipinski definition) is 3. The Bertz CT molecular complexity index is 201. The van der Waals surface area contributed by atoms with Crippen LogP contribution in [-0.2, 0) is 7.05 Å². The normalized spacial score (nSPS) is 10.2. The maximum Gasteiger partial charge on any atom is 0.114 e. The predicted molar refractivity (Wildman–Crippen MR) is 42.4 cm³/mol. The minimum atomic E-state index is 0.663. The molecule has 10 heavy (non-hydrogen) atoms. The van der Waals surface area contributed by atoms with Crippen molar-refractivity contribution in [3.05, 3.63) is 6.20 Å². The van der Waals surface area contributed by atoms with Crippen molar-refractivity contribution in [3.8, 4) is 0 Å². The Labute approximate surface area is 68.7 Å². The molecule has 1 rings (SSSR count). The Hall–Kier alpha value is -0.220. The SMILES string of the molecule is Cn1nncc1SCCCl. The Balaban J connectivity index is 2.49. The molecule has 0 amide bonds. The molecule has 0 unspecified atom stereocenters. The van der Waals surface area contributed by atoms with Crippen molar-refractivity contribution in [3.63, 3.8) is 0 Å². The van der Waals surface area contributed by atoms with Gasteiger partial charge in [-0.05, 0) is 0 Å². The highest BCUT2D eigenvalue weighted by Crippen LogP contribution is 2.14. The highest BCUT2D eigenvalue weighted by atomic mass is 35.5. The van der Waals surface area contributed by atoms with Crippen molar-refractivity contribution < 1.29 is 0 Å². The standard InChI is InChI=1S/C5H8ClN3S/c1-9-5(4-7-8-9)10-3-2-6/h4H,2-3H2,1H3. The van der Waals surface area contributed by atoms with E-state index in [1.165, 1.54) is 0 Å². The number of aryl methyl sites for hydroxylation is 1. The first-order valence-electron chi connectivity index (χ1n) is 2.88. The zero-order valence-electron chi connectivity index (χ0n) is 5.62. The van der Waals surface area contributed by atoms with E-state index >= 15 is 0 Å². The van der Waals surface area contributed by atoms with Crippen LogP contribution < -0.4 is 0 Å². The molecule has 0 aromatic carbocycles. The molecule has 0 saturated carbocycles.